The summed E-state index contributed by atoms with van der Waals surface area (Å²) in [5.41, 5.74) is 1.41. The Labute approximate surface area is 118 Å². The molecule has 0 aromatic carbocycles. The molecule has 0 bridgehead atoms. The van der Waals surface area contributed by atoms with Crippen molar-refractivity contribution in [2.45, 2.75) is 32.7 Å². The van der Waals surface area contributed by atoms with Gasteiger partial charge in [-0.15, -0.1) is 22.9 Å². The number of aromatic nitrogens is 3. The number of aromatic amines is 1. The molecule has 0 fully saturated rings. The van der Waals surface area contributed by atoms with Gasteiger partial charge in [-0.05, 0) is 13.8 Å². The van der Waals surface area contributed by atoms with Gasteiger partial charge >= 0.3 is 0 Å². The molecule has 0 spiro atoms. The van der Waals surface area contributed by atoms with Crippen molar-refractivity contribution >= 4 is 22.9 Å². The van der Waals surface area contributed by atoms with E-state index in [1.807, 2.05) is 5.38 Å². The van der Waals surface area contributed by atoms with Crippen LogP contribution in [0.4, 0.5) is 0 Å². The quantitative estimate of drug-likeness (QED) is 0.872. The lowest BCUT2D eigenvalue weighted by Crippen LogP contribution is -2.33. The number of hydrogen-bond donors (Lipinski definition) is 1. The zero-order valence-electron chi connectivity index (χ0n) is 10.7. The molecule has 0 radical (unpaired) electrons. The topological polar surface area (TPSA) is 67.8 Å². The van der Waals surface area contributed by atoms with Crippen LogP contribution in [0.5, 0.6) is 0 Å². The van der Waals surface area contributed by atoms with Crippen molar-refractivity contribution in [2.75, 3.05) is 0 Å². The van der Waals surface area contributed by atoms with Crippen LogP contribution in [-0.4, -0.2) is 14.8 Å². The van der Waals surface area contributed by atoms with Crippen LogP contribution in [0, 0.1) is 13.8 Å². The fraction of sp³-hybridized carbons (Fsp3) is 0.417. The van der Waals surface area contributed by atoms with Crippen LogP contribution < -0.4 is 11.1 Å². The maximum absolute atomic E-state index is 12.0. The lowest BCUT2D eigenvalue weighted by molar-refractivity contribution is 0.562. The zero-order valence-corrected chi connectivity index (χ0v) is 12.3. The molecular weight excluding hydrogens is 286 g/mol. The van der Waals surface area contributed by atoms with Crippen LogP contribution in [0.3, 0.4) is 0 Å². The molecule has 2 rings (SSSR count). The molecule has 0 amide bonds. The highest BCUT2D eigenvalue weighted by atomic mass is 35.5. The van der Waals surface area contributed by atoms with Crippen molar-refractivity contribution in [2.24, 2.45) is 0 Å². The first-order valence-corrected chi connectivity index (χ1v) is 7.24. The number of thiazole rings is 1. The number of nitrogens with zero attached hydrogens (tertiary/aromatic N) is 2. The van der Waals surface area contributed by atoms with Crippen LogP contribution in [0.1, 0.15) is 21.8 Å². The second-order valence-corrected chi connectivity index (χ2v) is 5.47. The van der Waals surface area contributed by atoms with E-state index in [4.69, 9.17) is 11.6 Å². The van der Waals surface area contributed by atoms with Gasteiger partial charge in [0.15, 0.2) is 0 Å². The van der Waals surface area contributed by atoms with E-state index in [9.17, 15) is 9.59 Å². The number of hydrogen-bond acceptors (Lipinski definition) is 4. The van der Waals surface area contributed by atoms with Gasteiger partial charge in [0, 0.05) is 29.5 Å². The van der Waals surface area contributed by atoms with Crippen molar-refractivity contribution in [1.29, 1.82) is 0 Å². The summed E-state index contributed by atoms with van der Waals surface area (Å²) in [6.45, 7) is 3.72. The second kappa shape index (κ2) is 5.71. The highest BCUT2D eigenvalue weighted by Gasteiger charge is 2.08. The predicted molar refractivity (Wildman–Crippen MR) is 76.2 cm³/mol. The fourth-order valence-electron chi connectivity index (χ4n) is 1.68. The first-order valence-electron chi connectivity index (χ1n) is 5.82. The SMILES string of the molecule is Cc1c(C)c(=O)n(CCc2nc(CCl)cs2)[nH]c1=O. The summed E-state index contributed by atoms with van der Waals surface area (Å²) in [4.78, 5) is 27.9. The van der Waals surface area contributed by atoms with E-state index in [1.54, 1.807) is 13.8 Å². The monoisotopic (exact) mass is 299 g/mol. The Morgan fingerprint density at radius 3 is 2.74 bits per heavy atom. The Morgan fingerprint density at radius 2 is 2.11 bits per heavy atom. The molecule has 2 aromatic rings. The molecule has 7 heteroatoms. The van der Waals surface area contributed by atoms with E-state index in [0.29, 0.717) is 30.0 Å². The molecule has 5 nitrogen and oxygen atoms in total. The van der Waals surface area contributed by atoms with Gasteiger partial charge in [0.2, 0.25) is 0 Å². The summed E-state index contributed by atoms with van der Waals surface area (Å²) >= 11 is 7.19. The lowest BCUT2D eigenvalue weighted by atomic mass is 10.2. The van der Waals surface area contributed by atoms with Crippen LogP contribution >= 0.6 is 22.9 Å². The first-order chi connectivity index (χ1) is 9.02. The van der Waals surface area contributed by atoms with E-state index in [2.05, 4.69) is 10.1 Å². The Kier molecular flexibility index (Phi) is 4.21. The van der Waals surface area contributed by atoms with Crippen molar-refractivity contribution in [1.82, 2.24) is 14.8 Å². The Balaban J connectivity index is 2.20. The van der Waals surface area contributed by atoms with E-state index >= 15 is 0 Å². The molecule has 0 unspecified atom stereocenters. The number of aryl methyl sites for hydroxylation is 2. The smallest absolute Gasteiger partial charge is 0.268 e. The molecular formula is C12H14ClN3O2S. The van der Waals surface area contributed by atoms with Gasteiger partial charge in [0.25, 0.3) is 11.1 Å². The average Bonchev–Trinajstić information content (AvgIpc) is 2.87. The number of halogens is 1. The molecule has 0 saturated heterocycles. The molecule has 1 N–H and O–H groups in total. The largest absolute Gasteiger partial charge is 0.268 e. The number of H-pyrrole nitrogens is 1. The third kappa shape index (κ3) is 2.96. The number of alkyl halides is 1. The van der Waals surface area contributed by atoms with Crippen molar-refractivity contribution in [3.05, 3.63) is 47.9 Å². The van der Waals surface area contributed by atoms with E-state index < -0.39 is 0 Å². The van der Waals surface area contributed by atoms with Crippen LogP contribution in [0.25, 0.3) is 0 Å². The third-order valence-electron chi connectivity index (χ3n) is 2.99. The molecule has 0 saturated carbocycles. The molecule has 0 aliphatic carbocycles. The van der Waals surface area contributed by atoms with Gasteiger partial charge in [-0.3, -0.25) is 14.7 Å². The summed E-state index contributed by atoms with van der Waals surface area (Å²) in [7, 11) is 0. The average molecular weight is 300 g/mol. The van der Waals surface area contributed by atoms with Crippen molar-refractivity contribution in [3.63, 3.8) is 0 Å². The summed E-state index contributed by atoms with van der Waals surface area (Å²) in [6.07, 6.45) is 0.597. The normalized spacial score (nSPS) is 10.9. The Hall–Kier alpha value is -1.40. The molecule has 2 aromatic heterocycles. The third-order valence-corrected chi connectivity index (χ3v) is 4.22. The predicted octanol–water partition coefficient (Wildman–Crippen LogP) is 1.59. The van der Waals surface area contributed by atoms with Gasteiger partial charge in [-0.1, -0.05) is 0 Å². The molecule has 0 atom stereocenters. The summed E-state index contributed by atoms with van der Waals surface area (Å²) < 4.78 is 1.34. The molecule has 0 aliphatic rings. The van der Waals surface area contributed by atoms with Gasteiger partial charge in [-0.25, -0.2) is 9.67 Å². The minimum absolute atomic E-state index is 0.161. The minimum Gasteiger partial charge on any atom is -0.268 e. The van der Waals surface area contributed by atoms with Crippen LogP contribution in [0.15, 0.2) is 15.0 Å². The molecule has 102 valence electrons. The van der Waals surface area contributed by atoms with Gasteiger partial charge < -0.3 is 0 Å². The fourth-order valence-corrected chi connectivity index (χ4v) is 2.70. The number of rotatable bonds is 4. The van der Waals surface area contributed by atoms with E-state index in [-0.39, 0.29) is 11.1 Å². The van der Waals surface area contributed by atoms with Gasteiger partial charge in [0.1, 0.15) is 0 Å². The standard InChI is InChI=1S/C12H14ClN3O2S/c1-7-8(2)12(18)16(15-11(7)17)4-3-10-14-9(5-13)6-19-10/h6H,3-5H2,1-2H3,(H,15,17). The first kappa shape index (κ1) is 14.0. The minimum atomic E-state index is -0.224. The van der Waals surface area contributed by atoms with Gasteiger partial charge in [0.05, 0.1) is 16.6 Å². The summed E-state index contributed by atoms with van der Waals surface area (Å²) in [5.74, 6) is 0.386. The van der Waals surface area contributed by atoms with Crippen molar-refractivity contribution in [3.8, 4) is 0 Å². The summed E-state index contributed by atoms with van der Waals surface area (Å²) in [6, 6.07) is 0. The van der Waals surface area contributed by atoms with Crippen LogP contribution in [-0.2, 0) is 18.8 Å². The highest BCUT2D eigenvalue weighted by molar-refractivity contribution is 7.09. The Morgan fingerprint density at radius 1 is 1.37 bits per heavy atom. The molecule has 19 heavy (non-hydrogen) atoms. The maximum atomic E-state index is 12.0. The second-order valence-electron chi connectivity index (χ2n) is 4.26. The Bertz CT molecular complexity index is 702. The highest BCUT2D eigenvalue weighted by Crippen LogP contribution is 2.12. The number of nitrogens with one attached hydrogen (secondary N) is 1. The lowest BCUT2D eigenvalue weighted by Gasteiger charge is -2.06. The molecule has 2 heterocycles. The van der Waals surface area contributed by atoms with E-state index in [1.165, 1.54) is 16.0 Å². The maximum Gasteiger partial charge on any atom is 0.268 e. The summed E-state index contributed by atoms with van der Waals surface area (Å²) in [5, 5.41) is 5.38. The van der Waals surface area contributed by atoms with Crippen molar-refractivity contribution < 1.29 is 0 Å². The van der Waals surface area contributed by atoms with E-state index in [0.717, 1.165) is 10.7 Å². The van der Waals surface area contributed by atoms with Gasteiger partial charge in [-0.2, -0.15) is 0 Å². The van der Waals surface area contributed by atoms with Crippen LogP contribution in [0.2, 0.25) is 0 Å². The molecule has 0 aliphatic heterocycles. The zero-order chi connectivity index (χ0) is 14.0.